The maximum Gasteiger partial charge on any atom is 0.242 e. The van der Waals surface area contributed by atoms with Crippen LogP contribution < -0.4 is 4.72 Å². The van der Waals surface area contributed by atoms with Crippen molar-refractivity contribution in [2.45, 2.75) is 42.7 Å². The topological polar surface area (TPSA) is 89.5 Å². The third-order valence-electron chi connectivity index (χ3n) is 4.61. The zero-order valence-electron chi connectivity index (χ0n) is 13.9. The largest absolute Gasteiger partial charge is 0.380 e. The number of methoxy groups -OCH3 is 1. The Balaban J connectivity index is 2.39. The molecule has 1 fully saturated rings. The Bertz CT molecular complexity index is 799. The van der Waals surface area contributed by atoms with Crippen molar-refractivity contribution in [2.24, 2.45) is 11.3 Å². The van der Waals surface area contributed by atoms with Gasteiger partial charge in [0, 0.05) is 24.8 Å². The van der Waals surface area contributed by atoms with Crippen molar-refractivity contribution in [3.63, 3.8) is 0 Å². The number of benzene rings is 1. The summed E-state index contributed by atoms with van der Waals surface area (Å²) in [7, 11) is -5.99. The SMILES string of the molecule is CO[C@@H]1[C@@H](C)[C@@H](NS(=O)(=O)c2ccccc2S(C)(=O)=O)C1(C)C. The smallest absolute Gasteiger partial charge is 0.242 e. The number of nitrogens with one attached hydrogen (secondary N) is 1. The first-order chi connectivity index (χ1) is 10.4. The Morgan fingerprint density at radius 2 is 1.61 bits per heavy atom. The van der Waals surface area contributed by atoms with Crippen LogP contribution in [-0.2, 0) is 24.6 Å². The summed E-state index contributed by atoms with van der Waals surface area (Å²) in [5.74, 6) is -0.00447. The van der Waals surface area contributed by atoms with Crippen LogP contribution in [0.4, 0.5) is 0 Å². The van der Waals surface area contributed by atoms with Gasteiger partial charge in [-0.15, -0.1) is 0 Å². The van der Waals surface area contributed by atoms with Crippen LogP contribution in [0.5, 0.6) is 0 Å². The molecule has 8 heteroatoms. The molecule has 0 saturated heterocycles. The summed E-state index contributed by atoms with van der Waals surface area (Å²) in [6.07, 6.45) is 0.943. The molecule has 0 spiro atoms. The molecular formula is C15H23NO5S2. The summed E-state index contributed by atoms with van der Waals surface area (Å²) in [4.78, 5) is -0.410. The molecular weight excluding hydrogens is 338 g/mol. The summed E-state index contributed by atoms with van der Waals surface area (Å²) in [6.45, 7) is 5.77. The van der Waals surface area contributed by atoms with Gasteiger partial charge in [0.15, 0.2) is 9.84 Å². The average Bonchev–Trinajstić information content (AvgIpc) is 2.44. The maximum absolute atomic E-state index is 12.7. The van der Waals surface area contributed by atoms with Gasteiger partial charge in [-0.2, -0.15) is 0 Å². The van der Waals surface area contributed by atoms with E-state index in [4.69, 9.17) is 4.74 Å². The molecule has 1 aliphatic carbocycles. The zero-order valence-corrected chi connectivity index (χ0v) is 15.5. The quantitative estimate of drug-likeness (QED) is 0.857. The fourth-order valence-corrected chi connectivity index (χ4v) is 6.69. The molecule has 0 bridgehead atoms. The van der Waals surface area contributed by atoms with Crippen molar-refractivity contribution in [2.75, 3.05) is 13.4 Å². The predicted octanol–water partition coefficient (Wildman–Crippen LogP) is 1.43. The van der Waals surface area contributed by atoms with Crippen molar-refractivity contribution < 1.29 is 21.6 Å². The fraction of sp³-hybridized carbons (Fsp3) is 0.600. The molecule has 1 N–H and O–H groups in total. The molecule has 6 nitrogen and oxygen atoms in total. The molecule has 0 unspecified atom stereocenters. The van der Waals surface area contributed by atoms with E-state index in [1.54, 1.807) is 7.11 Å². The molecule has 1 saturated carbocycles. The summed E-state index contributed by atoms with van der Waals surface area (Å²) in [6, 6.07) is 5.30. The van der Waals surface area contributed by atoms with E-state index in [2.05, 4.69) is 4.72 Å². The van der Waals surface area contributed by atoms with Gasteiger partial charge in [0.2, 0.25) is 10.0 Å². The lowest BCUT2D eigenvalue weighted by Crippen LogP contribution is -2.67. The van der Waals surface area contributed by atoms with Gasteiger partial charge in [-0.25, -0.2) is 21.6 Å². The van der Waals surface area contributed by atoms with Crippen LogP contribution in [0.25, 0.3) is 0 Å². The maximum atomic E-state index is 12.7. The summed E-state index contributed by atoms with van der Waals surface area (Å²) >= 11 is 0. The highest BCUT2D eigenvalue weighted by molar-refractivity contribution is 7.93. The first-order valence-corrected chi connectivity index (χ1v) is 10.6. The van der Waals surface area contributed by atoms with E-state index in [1.807, 2.05) is 20.8 Å². The van der Waals surface area contributed by atoms with Crippen molar-refractivity contribution in [3.8, 4) is 0 Å². The van der Waals surface area contributed by atoms with E-state index in [1.165, 1.54) is 24.3 Å². The van der Waals surface area contributed by atoms with Crippen LogP contribution in [0.1, 0.15) is 20.8 Å². The second-order valence-electron chi connectivity index (χ2n) is 6.65. The molecule has 0 aliphatic heterocycles. The lowest BCUT2D eigenvalue weighted by molar-refractivity contribution is -0.138. The first kappa shape index (κ1) is 18.4. The molecule has 2 rings (SSSR count). The number of sulfone groups is 1. The zero-order chi connectivity index (χ0) is 17.6. The molecule has 3 atom stereocenters. The van der Waals surface area contributed by atoms with Gasteiger partial charge >= 0.3 is 0 Å². The number of rotatable bonds is 5. The Kier molecular flexibility index (Phi) is 4.67. The van der Waals surface area contributed by atoms with E-state index in [-0.39, 0.29) is 33.3 Å². The van der Waals surface area contributed by atoms with Crippen molar-refractivity contribution in [1.29, 1.82) is 0 Å². The van der Waals surface area contributed by atoms with Gasteiger partial charge in [-0.05, 0) is 18.1 Å². The minimum Gasteiger partial charge on any atom is -0.380 e. The Hall–Kier alpha value is -0.960. The molecule has 0 radical (unpaired) electrons. The Morgan fingerprint density at radius 3 is 2.04 bits per heavy atom. The van der Waals surface area contributed by atoms with Crippen LogP contribution in [0.3, 0.4) is 0 Å². The van der Waals surface area contributed by atoms with Crippen LogP contribution in [0.15, 0.2) is 34.1 Å². The molecule has 0 amide bonds. The van der Waals surface area contributed by atoms with E-state index in [0.717, 1.165) is 6.26 Å². The van der Waals surface area contributed by atoms with Gasteiger partial charge in [0.05, 0.1) is 11.0 Å². The number of ether oxygens (including phenoxy) is 1. The second-order valence-corrected chi connectivity index (χ2v) is 10.3. The number of hydrogen-bond acceptors (Lipinski definition) is 5. The van der Waals surface area contributed by atoms with Gasteiger partial charge in [0.1, 0.15) is 4.90 Å². The normalized spacial score (nSPS) is 27.4. The summed E-state index contributed by atoms with van der Waals surface area (Å²) in [5.41, 5.74) is -0.374. The molecule has 1 aromatic carbocycles. The van der Waals surface area contributed by atoms with E-state index in [0.29, 0.717) is 0 Å². The summed E-state index contributed by atoms with van der Waals surface area (Å²) in [5, 5.41) is 0. The first-order valence-electron chi connectivity index (χ1n) is 7.27. The highest BCUT2D eigenvalue weighted by Crippen LogP contribution is 2.47. The van der Waals surface area contributed by atoms with Gasteiger partial charge in [-0.1, -0.05) is 32.9 Å². The summed E-state index contributed by atoms with van der Waals surface area (Å²) < 4.78 is 57.2. The van der Waals surface area contributed by atoms with Gasteiger partial charge in [0.25, 0.3) is 0 Å². The van der Waals surface area contributed by atoms with Crippen LogP contribution in [0.2, 0.25) is 0 Å². The minimum atomic E-state index is -3.95. The highest BCUT2D eigenvalue weighted by Gasteiger charge is 2.56. The average molecular weight is 361 g/mol. The standard InChI is InChI=1S/C15H23NO5S2/c1-10-13(15(2,3)14(10)21-4)16-23(19,20)12-9-7-6-8-11(12)22(5,17)18/h6-10,13-14,16H,1-5H3/t10-,13+,14+/m0/s1. The highest BCUT2D eigenvalue weighted by atomic mass is 32.2. The molecule has 1 aliphatic rings. The van der Waals surface area contributed by atoms with E-state index < -0.39 is 19.9 Å². The predicted molar refractivity (Wildman–Crippen MR) is 87.4 cm³/mol. The van der Waals surface area contributed by atoms with E-state index >= 15 is 0 Å². The number of hydrogen-bond donors (Lipinski definition) is 1. The van der Waals surface area contributed by atoms with Crippen LogP contribution in [0, 0.1) is 11.3 Å². The molecule has 0 heterocycles. The molecule has 1 aromatic rings. The molecule has 130 valence electrons. The van der Waals surface area contributed by atoms with E-state index in [9.17, 15) is 16.8 Å². The van der Waals surface area contributed by atoms with Crippen molar-refractivity contribution >= 4 is 19.9 Å². The van der Waals surface area contributed by atoms with Crippen molar-refractivity contribution in [3.05, 3.63) is 24.3 Å². The Morgan fingerprint density at radius 1 is 1.09 bits per heavy atom. The second kappa shape index (κ2) is 5.84. The van der Waals surface area contributed by atoms with Gasteiger partial charge in [-0.3, -0.25) is 0 Å². The van der Waals surface area contributed by atoms with Crippen molar-refractivity contribution in [1.82, 2.24) is 4.72 Å². The monoisotopic (exact) mass is 361 g/mol. The molecule has 0 aromatic heterocycles. The minimum absolute atomic E-state index is 0.00447. The Labute approximate surface area is 138 Å². The lowest BCUT2D eigenvalue weighted by atomic mass is 9.58. The number of sulfonamides is 1. The third-order valence-corrected chi connectivity index (χ3v) is 7.40. The van der Waals surface area contributed by atoms with Gasteiger partial charge < -0.3 is 4.74 Å². The fourth-order valence-electron chi connectivity index (χ4n) is 3.58. The van der Waals surface area contributed by atoms with Crippen LogP contribution in [-0.4, -0.2) is 42.3 Å². The lowest BCUT2D eigenvalue weighted by Gasteiger charge is -2.56. The van der Waals surface area contributed by atoms with Crippen LogP contribution >= 0.6 is 0 Å². The molecule has 23 heavy (non-hydrogen) atoms. The third kappa shape index (κ3) is 3.17.